The number of rotatable bonds is 7. The minimum absolute atomic E-state index is 0.0953. The van der Waals surface area contributed by atoms with Gasteiger partial charge in [-0.3, -0.25) is 9.69 Å². The van der Waals surface area contributed by atoms with Gasteiger partial charge in [-0.1, -0.05) is 24.3 Å². The Morgan fingerprint density at radius 2 is 1.80 bits per heavy atom. The first-order valence-electron chi connectivity index (χ1n) is 10.3. The van der Waals surface area contributed by atoms with Gasteiger partial charge in [-0.2, -0.15) is 5.26 Å². The molecule has 1 saturated heterocycles. The van der Waals surface area contributed by atoms with Crippen molar-refractivity contribution in [2.24, 2.45) is 0 Å². The van der Waals surface area contributed by atoms with Crippen molar-refractivity contribution >= 4 is 5.91 Å². The summed E-state index contributed by atoms with van der Waals surface area (Å²) in [7, 11) is 1.63. The number of amides is 1. The second-order valence-electron chi connectivity index (χ2n) is 7.52. The number of nitriles is 1. The van der Waals surface area contributed by atoms with Crippen LogP contribution < -0.4 is 9.47 Å². The normalized spacial score (nSPS) is 15.3. The molecule has 6 heteroatoms. The molecule has 1 aliphatic rings. The first-order valence-corrected chi connectivity index (χ1v) is 10.3. The molecule has 1 unspecified atom stereocenters. The Labute approximate surface area is 178 Å². The maximum Gasteiger partial charge on any atom is 0.226 e. The molecule has 6 nitrogen and oxygen atoms in total. The van der Waals surface area contributed by atoms with E-state index in [0.717, 1.165) is 22.6 Å². The quantitative estimate of drug-likeness (QED) is 0.703. The van der Waals surface area contributed by atoms with Crippen molar-refractivity contribution in [3.8, 4) is 17.6 Å². The summed E-state index contributed by atoms with van der Waals surface area (Å²) in [4.78, 5) is 16.6. The highest BCUT2D eigenvalue weighted by Crippen LogP contribution is 2.24. The van der Waals surface area contributed by atoms with Gasteiger partial charge >= 0.3 is 0 Å². The second kappa shape index (κ2) is 10.1. The summed E-state index contributed by atoms with van der Waals surface area (Å²) >= 11 is 0. The minimum atomic E-state index is -0.319. The standard InChI is InChI=1S/C24H29N3O3/c1-18-5-4-6-23(19(18)2)30-16-11-24(28)27-14-12-26(13-15-27)22(17-25)20-7-9-21(29-3)10-8-20/h4-10,22H,11-16H2,1-3H3. The SMILES string of the molecule is COc1ccc(C(C#N)N2CCN(C(=O)CCOc3cccc(C)c3C)CC2)cc1. The Morgan fingerprint density at radius 3 is 2.43 bits per heavy atom. The molecule has 0 saturated carbocycles. The molecule has 0 radical (unpaired) electrons. The monoisotopic (exact) mass is 407 g/mol. The smallest absolute Gasteiger partial charge is 0.226 e. The van der Waals surface area contributed by atoms with Crippen LogP contribution in [0, 0.1) is 25.2 Å². The van der Waals surface area contributed by atoms with E-state index in [2.05, 4.69) is 11.0 Å². The maximum absolute atomic E-state index is 12.6. The summed E-state index contributed by atoms with van der Waals surface area (Å²) in [5, 5.41) is 9.68. The van der Waals surface area contributed by atoms with E-state index in [1.54, 1.807) is 7.11 Å². The molecule has 0 N–H and O–H groups in total. The maximum atomic E-state index is 12.6. The molecule has 1 fully saturated rings. The highest BCUT2D eigenvalue weighted by atomic mass is 16.5. The van der Waals surface area contributed by atoms with E-state index in [0.29, 0.717) is 39.2 Å². The number of carbonyl (C=O) groups excluding carboxylic acids is 1. The third-order valence-corrected chi connectivity index (χ3v) is 5.71. The van der Waals surface area contributed by atoms with Crippen LogP contribution in [0.15, 0.2) is 42.5 Å². The largest absolute Gasteiger partial charge is 0.497 e. The van der Waals surface area contributed by atoms with E-state index >= 15 is 0 Å². The van der Waals surface area contributed by atoms with Crippen molar-refractivity contribution in [3.05, 3.63) is 59.2 Å². The van der Waals surface area contributed by atoms with E-state index in [-0.39, 0.29) is 11.9 Å². The Bertz CT molecular complexity index is 897. The van der Waals surface area contributed by atoms with Crippen molar-refractivity contribution in [1.29, 1.82) is 5.26 Å². The summed E-state index contributed by atoms with van der Waals surface area (Å²) in [5.74, 6) is 1.70. The fraction of sp³-hybridized carbons (Fsp3) is 0.417. The summed E-state index contributed by atoms with van der Waals surface area (Å²) in [6, 6.07) is 15.6. The molecule has 2 aromatic rings. The molecule has 0 spiro atoms. The first-order chi connectivity index (χ1) is 14.5. The average molecular weight is 408 g/mol. The van der Waals surface area contributed by atoms with Crippen LogP contribution in [0.5, 0.6) is 11.5 Å². The zero-order valence-corrected chi connectivity index (χ0v) is 17.9. The lowest BCUT2D eigenvalue weighted by molar-refractivity contribution is -0.133. The fourth-order valence-corrected chi connectivity index (χ4v) is 3.67. The molecular weight excluding hydrogens is 378 g/mol. The highest BCUT2D eigenvalue weighted by Gasteiger charge is 2.27. The predicted octanol–water partition coefficient (Wildman–Crippen LogP) is 3.49. The van der Waals surface area contributed by atoms with Crippen LogP contribution in [0.4, 0.5) is 0 Å². The molecule has 0 aliphatic carbocycles. The number of carbonyl (C=O) groups is 1. The number of piperazine rings is 1. The van der Waals surface area contributed by atoms with Crippen LogP contribution >= 0.6 is 0 Å². The Kier molecular flexibility index (Phi) is 7.31. The summed E-state index contributed by atoms with van der Waals surface area (Å²) in [6.07, 6.45) is 0.355. The minimum Gasteiger partial charge on any atom is -0.497 e. The lowest BCUT2D eigenvalue weighted by Crippen LogP contribution is -2.49. The van der Waals surface area contributed by atoms with Gasteiger partial charge in [0.05, 0.1) is 26.2 Å². The van der Waals surface area contributed by atoms with Gasteiger partial charge in [-0.25, -0.2) is 0 Å². The number of hydrogen-bond acceptors (Lipinski definition) is 5. The molecule has 1 amide bonds. The Morgan fingerprint density at radius 1 is 1.10 bits per heavy atom. The first kappa shape index (κ1) is 21.7. The van der Waals surface area contributed by atoms with Crippen LogP contribution in [0.25, 0.3) is 0 Å². The summed E-state index contributed by atoms with van der Waals surface area (Å²) in [5.41, 5.74) is 3.23. The fourth-order valence-electron chi connectivity index (χ4n) is 3.67. The van der Waals surface area contributed by atoms with Crippen molar-refractivity contribution in [2.75, 3.05) is 39.9 Å². The molecule has 2 aromatic carbocycles. The molecule has 30 heavy (non-hydrogen) atoms. The van der Waals surface area contributed by atoms with Gasteiger partial charge in [0.15, 0.2) is 0 Å². The van der Waals surface area contributed by atoms with Gasteiger partial charge in [-0.15, -0.1) is 0 Å². The molecule has 0 bridgehead atoms. The van der Waals surface area contributed by atoms with Gasteiger partial charge in [-0.05, 0) is 48.7 Å². The van der Waals surface area contributed by atoms with Gasteiger partial charge in [0.1, 0.15) is 17.5 Å². The number of hydrogen-bond donors (Lipinski definition) is 0. The molecule has 1 aliphatic heterocycles. The Hall–Kier alpha value is -3.04. The molecule has 1 heterocycles. The van der Waals surface area contributed by atoms with Crippen molar-refractivity contribution < 1.29 is 14.3 Å². The lowest BCUT2D eigenvalue weighted by atomic mass is 10.1. The number of aryl methyl sites for hydroxylation is 1. The molecule has 1 atom stereocenters. The zero-order chi connectivity index (χ0) is 21.5. The second-order valence-corrected chi connectivity index (χ2v) is 7.52. The van der Waals surface area contributed by atoms with Crippen LogP contribution in [0.2, 0.25) is 0 Å². The number of methoxy groups -OCH3 is 1. The highest BCUT2D eigenvalue weighted by molar-refractivity contribution is 5.76. The van der Waals surface area contributed by atoms with Gasteiger partial charge < -0.3 is 14.4 Å². The van der Waals surface area contributed by atoms with Crippen LogP contribution in [0.1, 0.15) is 29.2 Å². The van der Waals surface area contributed by atoms with Crippen LogP contribution in [0.3, 0.4) is 0 Å². The molecule has 3 rings (SSSR count). The van der Waals surface area contributed by atoms with Gasteiger partial charge in [0.2, 0.25) is 5.91 Å². The van der Waals surface area contributed by atoms with Crippen molar-refractivity contribution in [2.45, 2.75) is 26.3 Å². The summed E-state index contributed by atoms with van der Waals surface area (Å²) in [6.45, 7) is 7.04. The van der Waals surface area contributed by atoms with Crippen molar-refractivity contribution in [3.63, 3.8) is 0 Å². The lowest BCUT2D eigenvalue weighted by Gasteiger charge is -2.37. The van der Waals surface area contributed by atoms with Crippen LogP contribution in [-0.2, 0) is 4.79 Å². The van der Waals surface area contributed by atoms with Crippen LogP contribution in [-0.4, -0.2) is 55.6 Å². The summed E-state index contributed by atoms with van der Waals surface area (Å²) < 4.78 is 11.0. The van der Waals surface area contributed by atoms with E-state index in [1.165, 1.54) is 5.56 Å². The van der Waals surface area contributed by atoms with E-state index < -0.39 is 0 Å². The van der Waals surface area contributed by atoms with E-state index in [1.807, 2.05) is 61.2 Å². The third-order valence-electron chi connectivity index (χ3n) is 5.71. The molecular formula is C24H29N3O3. The zero-order valence-electron chi connectivity index (χ0n) is 17.9. The van der Waals surface area contributed by atoms with Crippen molar-refractivity contribution in [1.82, 2.24) is 9.80 Å². The number of nitrogens with zero attached hydrogens (tertiary/aromatic N) is 3. The molecule has 158 valence electrons. The number of benzene rings is 2. The third kappa shape index (κ3) is 5.11. The number of ether oxygens (including phenoxy) is 2. The van der Waals surface area contributed by atoms with Gasteiger partial charge in [0, 0.05) is 26.2 Å². The molecule has 0 aromatic heterocycles. The van der Waals surface area contributed by atoms with E-state index in [4.69, 9.17) is 9.47 Å². The van der Waals surface area contributed by atoms with E-state index in [9.17, 15) is 10.1 Å². The average Bonchev–Trinajstić information content (AvgIpc) is 2.78. The Balaban J connectivity index is 1.48. The predicted molar refractivity (Wildman–Crippen MR) is 116 cm³/mol. The topological polar surface area (TPSA) is 65.8 Å². The van der Waals surface area contributed by atoms with Gasteiger partial charge in [0.25, 0.3) is 0 Å².